The summed E-state index contributed by atoms with van der Waals surface area (Å²) in [4.78, 5) is 0. The predicted molar refractivity (Wildman–Crippen MR) is 66.4 cm³/mol. The van der Waals surface area contributed by atoms with Crippen molar-refractivity contribution in [1.82, 2.24) is 5.32 Å². The lowest BCUT2D eigenvalue weighted by Crippen LogP contribution is -2.13. The van der Waals surface area contributed by atoms with Gasteiger partial charge in [0.1, 0.15) is 5.58 Å². The van der Waals surface area contributed by atoms with Crippen LogP contribution in [0.3, 0.4) is 0 Å². The molecular weight excluding hydrogens is 222 g/mol. The molecule has 0 unspecified atom stereocenters. The molecule has 2 nitrogen and oxygen atoms in total. The van der Waals surface area contributed by atoms with Gasteiger partial charge in [0.25, 0.3) is 0 Å². The summed E-state index contributed by atoms with van der Waals surface area (Å²) in [5, 5.41) is 4.72. The Morgan fingerprint density at radius 3 is 3.00 bits per heavy atom. The Morgan fingerprint density at radius 2 is 2.19 bits per heavy atom. The van der Waals surface area contributed by atoms with E-state index in [-0.39, 0.29) is 0 Å². The molecule has 1 aromatic heterocycles. The zero-order valence-electron chi connectivity index (χ0n) is 9.01. The number of halogens is 1. The third kappa shape index (κ3) is 2.21. The fourth-order valence-corrected chi connectivity index (χ4v) is 1.82. The standard InChI is InChI=1S/C13H12ClNO/c1-2-3-8-15-9-11-10-6-4-5-7-12(10)16-13(11)14/h4-7,15H,8-9H2,1H3. The summed E-state index contributed by atoms with van der Waals surface area (Å²) in [7, 11) is 0. The lowest BCUT2D eigenvalue weighted by Gasteiger charge is -1.98. The second-order valence-corrected chi connectivity index (χ2v) is 3.72. The van der Waals surface area contributed by atoms with Gasteiger partial charge in [-0.05, 0) is 24.6 Å². The number of hydrogen-bond acceptors (Lipinski definition) is 2. The molecule has 0 amide bonds. The molecule has 0 aliphatic heterocycles. The van der Waals surface area contributed by atoms with E-state index >= 15 is 0 Å². The Labute approximate surface area is 99.6 Å². The fourth-order valence-electron chi connectivity index (χ4n) is 1.57. The summed E-state index contributed by atoms with van der Waals surface area (Å²) in [6.07, 6.45) is 0. The van der Waals surface area contributed by atoms with E-state index in [0.717, 1.165) is 16.5 Å². The molecule has 0 radical (unpaired) electrons. The van der Waals surface area contributed by atoms with Crippen LogP contribution in [0.1, 0.15) is 12.5 Å². The van der Waals surface area contributed by atoms with Crippen LogP contribution >= 0.6 is 11.6 Å². The number of benzene rings is 1. The van der Waals surface area contributed by atoms with Gasteiger partial charge < -0.3 is 9.73 Å². The first kappa shape index (κ1) is 11.1. The van der Waals surface area contributed by atoms with Crippen molar-refractivity contribution in [3.63, 3.8) is 0 Å². The summed E-state index contributed by atoms with van der Waals surface area (Å²) < 4.78 is 5.45. The van der Waals surface area contributed by atoms with E-state index in [9.17, 15) is 0 Å². The zero-order chi connectivity index (χ0) is 11.4. The van der Waals surface area contributed by atoms with Gasteiger partial charge in [-0.25, -0.2) is 0 Å². The molecule has 1 aromatic carbocycles. The molecule has 1 heterocycles. The van der Waals surface area contributed by atoms with E-state index in [1.807, 2.05) is 31.2 Å². The van der Waals surface area contributed by atoms with Crippen LogP contribution in [-0.2, 0) is 6.54 Å². The summed E-state index contributed by atoms with van der Waals surface area (Å²) in [5.74, 6) is 5.77. The number of hydrogen-bond donors (Lipinski definition) is 1. The van der Waals surface area contributed by atoms with Gasteiger partial charge in [0.2, 0.25) is 0 Å². The number of furan rings is 1. The Kier molecular flexibility index (Phi) is 3.51. The van der Waals surface area contributed by atoms with E-state index in [0.29, 0.717) is 18.3 Å². The maximum absolute atomic E-state index is 6.04. The summed E-state index contributed by atoms with van der Waals surface area (Å²) in [6.45, 7) is 3.15. The normalized spacial score (nSPS) is 10.1. The fraction of sp³-hybridized carbons (Fsp3) is 0.231. The van der Waals surface area contributed by atoms with Crippen molar-refractivity contribution in [2.45, 2.75) is 13.5 Å². The molecule has 16 heavy (non-hydrogen) atoms. The van der Waals surface area contributed by atoms with Crippen molar-refractivity contribution >= 4 is 22.6 Å². The highest BCUT2D eigenvalue weighted by Crippen LogP contribution is 2.29. The molecule has 0 aliphatic rings. The third-order valence-corrected chi connectivity index (χ3v) is 2.65. The highest BCUT2D eigenvalue weighted by Gasteiger charge is 2.10. The van der Waals surface area contributed by atoms with Gasteiger partial charge in [-0.2, -0.15) is 0 Å². The van der Waals surface area contributed by atoms with Crippen molar-refractivity contribution in [1.29, 1.82) is 0 Å². The summed E-state index contributed by atoms with van der Waals surface area (Å²) in [5.41, 5.74) is 1.82. The number of para-hydroxylation sites is 1. The third-order valence-electron chi connectivity index (χ3n) is 2.34. The summed E-state index contributed by atoms with van der Waals surface area (Å²) >= 11 is 6.04. The van der Waals surface area contributed by atoms with Crippen LogP contribution in [0.2, 0.25) is 5.22 Å². The molecule has 0 fully saturated rings. The van der Waals surface area contributed by atoms with Crippen LogP contribution < -0.4 is 5.32 Å². The molecule has 3 heteroatoms. The molecule has 82 valence electrons. The average molecular weight is 234 g/mol. The molecule has 0 bridgehead atoms. The van der Waals surface area contributed by atoms with Gasteiger partial charge in [0.05, 0.1) is 6.54 Å². The molecule has 0 aliphatic carbocycles. The van der Waals surface area contributed by atoms with E-state index in [2.05, 4.69) is 17.2 Å². The molecule has 1 N–H and O–H groups in total. The SMILES string of the molecule is CC#CCNCc1c(Cl)oc2ccccc12. The average Bonchev–Trinajstić information content (AvgIpc) is 2.61. The maximum Gasteiger partial charge on any atom is 0.199 e. The number of rotatable bonds is 3. The Balaban J connectivity index is 2.21. The molecule has 0 atom stereocenters. The molecule has 2 rings (SSSR count). The lowest BCUT2D eigenvalue weighted by atomic mass is 10.2. The first-order valence-electron chi connectivity index (χ1n) is 5.09. The number of fused-ring (bicyclic) bond motifs is 1. The van der Waals surface area contributed by atoms with Crippen LogP contribution in [-0.4, -0.2) is 6.54 Å². The van der Waals surface area contributed by atoms with E-state index in [1.165, 1.54) is 0 Å². The minimum absolute atomic E-state index is 0.457. The Hall–Kier alpha value is -1.43. The van der Waals surface area contributed by atoms with Crippen molar-refractivity contribution in [2.75, 3.05) is 6.54 Å². The van der Waals surface area contributed by atoms with Crippen molar-refractivity contribution < 1.29 is 4.42 Å². The van der Waals surface area contributed by atoms with Gasteiger partial charge in [0, 0.05) is 17.5 Å². The van der Waals surface area contributed by atoms with Crippen molar-refractivity contribution in [3.8, 4) is 11.8 Å². The van der Waals surface area contributed by atoms with Crippen molar-refractivity contribution in [2.24, 2.45) is 0 Å². The maximum atomic E-state index is 6.04. The van der Waals surface area contributed by atoms with Crippen LogP contribution in [0.5, 0.6) is 0 Å². The monoisotopic (exact) mass is 233 g/mol. The zero-order valence-corrected chi connectivity index (χ0v) is 9.77. The topological polar surface area (TPSA) is 25.2 Å². The smallest absolute Gasteiger partial charge is 0.199 e. The first-order valence-corrected chi connectivity index (χ1v) is 5.47. The van der Waals surface area contributed by atoms with Gasteiger partial charge in [0.15, 0.2) is 5.22 Å². The Bertz CT molecular complexity index is 548. The molecule has 0 saturated heterocycles. The lowest BCUT2D eigenvalue weighted by molar-refractivity contribution is 0.608. The second kappa shape index (κ2) is 5.07. The predicted octanol–water partition coefficient (Wildman–Crippen LogP) is 3.20. The second-order valence-electron chi connectivity index (χ2n) is 3.38. The van der Waals surface area contributed by atoms with E-state index < -0.39 is 0 Å². The molecule has 2 aromatic rings. The van der Waals surface area contributed by atoms with Crippen LogP contribution in [0.4, 0.5) is 0 Å². The van der Waals surface area contributed by atoms with Gasteiger partial charge in [-0.3, -0.25) is 0 Å². The first-order chi connectivity index (χ1) is 7.83. The van der Waals surface area contributed by atoms with Gasteiger partial charge >= 0.3 is 0 Å². The number of nitrogens with one attached hydrogen (secondary N) is 1. The molecular formula is C13H12ClNO. The van der Waals surface area contributed by atoms with Crippen LogP contribution in [0.25, 0.3) is 11.0 Å². The van der Waals surface area contributed by atoms with Crippen LogP contribution in [0.15, 0.2) is 28.7 Å². The Morgan fingerprint density at radius 1 is 1.38 bits per heavy atom. The van der Waals surface area contributed by atoms with Crippen LogP contribution in [0, 0.1) is 11.8 Å². The highest BCUT2D eigenvalue weighted by atomic mass is 35.5. The molecule has 0 saturated carbocycles. The highest BCUT2D eigenvalue weighted by molar-refractivity contribution is 6.30. The van der Waals surface area contributed by atoms with Crippen molar-refractivity contribution in [3.05, 3.63) is 35.0 Å². The van der Waals surface area contributed by atoms with Gasteiger partial charge in [-0.1, -0.05) is 24.1 Å². The van der Waals surface area contributed by atoms with E-state index in [1.54, 1.807) is 0 Å². The largest absolute Gasteiger partial charge is 0.444 e. The summed E-state index contributed by atoms with van der Waals surface area (Å²) in [6, 6.07) is 7.83. The minimum atomic E-state index is 0.457. The van der Waals surface area contributed by atoms with E-state index in [4.69, 9.17) is 16.0 Å². The quantitative estimate of drug-likeness (QED) is 0.651. The molecule has 0 spiro atoms. The van der Waals surface area contributed by atoms with Gasteiger partial charge in [-0.15, -0.1) is 5.92 Å². The minimum Gasteiger partial charge on any atom is -0.444 e.